The molecule has 26 heavy (non-hydrogen) atoms. The van der Waals surface area contributed by atoms with E-state index in [1.165, 1.54) is 33.6 Å². The van der Waals surface area contributed by atoms with Gasteiger partial charge in [-0.25, -0.2) is 4.79 Å². The van der Waals surface area contributed by atoms with Crippen LogP contribution < -0.4 is 10.1 Å². The van der Waals surface area contributed by atoms with Gasteiger partial charge in [0.15, 0.2) is 8.68 Å². The zero-order valence-electron chi connectivity index (χ0n) is 14.3. The van der Waals surface area contributed by atoms with E-state index in [0.717, 1.165) is 20.2 Å². The number of hydrogen-bond donors (Lipinski definition) is 1. The second kappa shape index (κ2) is 8.74. The third kappa shape index (κ3) is 4.68. The van der Waals surface area contributed by atoms with Crippen molar-refractivity contribution in [3.8, 4) is 5.75 Å². The van der Waals surface area contributed by atoms with Crippen molar-refractivity contribution in [1.29, 1.82) is 0 Å². The highest BCUT2D eigenvalue weighted by molar-refractivity contribution is 8.03. The molecule has 0 bridgehead atoms. The van der Waals surface area contributed by atoms with Crippen molar-refractivity contribution in [3.63, 3.8) is 0 Å². The van der Waals surface area contributed by atoms with E-state index in [1.807, 2.05) is 24.3 Å². The number of imide groups is 1. The zero-order chi connectivity index (χ0) is 18.5. The first-order chi connectivity index (χ1) is 12.6. The van der Waals surface area contributed by atoms with Gasteiger partial charge in [0, 0.05) is 18.8 Å². The Morgan fingerprint density at radius 2 is 2.08 bits per heavy atom. The third-order valence-electron chi connectivity index (χ3n) is 3.66. The van der Waals surface area contributed by atoms with E-state index in [0.29, 0.717) is 13.1 Å². The molecule has 138 valence electrons. The molecule has 1 N–H and O–H groups in total. The van der Waals surface area contributed by atoms with Gasteiger partial charge >= 0.3 is 6.03 Å². The normalized spacial score (nSPS) is 15.0. The van der Waals surface area contributed by atoms with Gasteiger partial charge in [0.1, 0.15) is 5.75 Å². The van der Waals surface area contributed by atoms with E-state index < -0.39 is 0 Å². The first-order valence-electron chi connectivity index (χ1n) is 7.92. The van der Waals surface area contributed by atoms with Crippen molar-refractivity contribution >= 4 is 46.8 Å². The summed E-state index contributed by atoms with van der Waals surface area (Å²) in [5.74, 6) is 1.41. The summed E-state index contributed by atoms with van der Waals surface area (Å²) >= 11 is 4.39. The summed E-state index contributed by atoms with van der Waals surface area (Å²) in [4.78, 5) is 25.1. The van der Waals surface area contributed by atoms with Gasteiger partial charge in [-0.2, -0.15) is 0 Å². The highest BCUT2D eigenvalue weighted by atomic mass is 32.2. The van der Waals surface area contributed by atoms with Gasteiger partial charge in [0.2, 0.25) is 5.91 Å². The van der Waals surface area contributed by atoms with E-state index in [4.69, 9.17) is 4.74 Å². The van der Waals surface area contributed by atoms with Crippen LogP contribution in [0.5, 0.6) is 5.75 Å². The molecule has 1 aromatic heterocycles. The molecule has 1 atom stereocenters. The lowest BCUT2D eigenvalue weighted by atomic mass is 10.2. The van der Waals surface area contributed by atoms with Crippen LogP contribution in [-0.2, 0) is 10.5 Å². The van der Waals surface area contributed by atoms with Gasteiger partial charge in [0.25, 0.3) is 0 Å². The first-order valence-corrected chi connectivity index (χ1v) is 10.6. The number of nitrogens with one attached hydrogen (secondary N) is 1. The van der Waals surface area contributed by atoms with Crippen LogP contribution in [0.25, 0.3) is 0 Å². The Hall–Kier alpha value is -1.78. The zero-order valence-corrected chi connectivity index (χ0v) is 16.7. The largest absolute Gasteiger partial charge is 0.497 e. The number of amides is 3. The van der Waals surface area contributed by atoms with Gasteiger partial charge in [-0.05, 0) is 24.6 Å². The molecule has 1 aromatic carbocycles. The van der Waals surface area contributed by atoms with Crippen molar-refractivity contribution in [2.45, 2.75) is 26.6 Å². The van der Waals surface area contributed by atoms with Gasteiger partial charge in [-0.15, -0.1) is 10.2 Å². The molecule has 1 fully saturated rings. The maximum absolute atomic E-state index is 12.3. The number of methoxy groups -OCH3 is 1. The van der Waals surface area contributed by atoms with Crippen LogP contribution in [0.1, 0.15) is 12.5 Å². The summed E-state index contributed by atoms with van der Waals surface area (Å²) in [5, 5.41) is 10.6. The van der Waals surface area contributed by atoms with Gasteiger partial charge < -0.3 is 10.1 Å². The van der Waals surface area contributed by atoms with Crippen LogP contribution in [0.3, 0.4) is 0 Å². The van der Waals surface area contributed by atoms with Crippen molar-refractivity contribution in [2.75, 3.05) is 20.2 Å². The number of carbonyl (C=O) groups is 2. The van der Waals surface area contributed by atoms with E-state index in [-0.39, 0.29) is 17.2 Å². The Balaban J connectivity index is 1.52. The number of benzene rings is 1. The summed E-state index contributed by atoms with van der Waals surface area (Å²) in [5.41, 5.74) is 1.17. The monoisotopic (exact) mass is 410 g/mol. The van der Waals surface area contributed by atoms with Crippen molar-refractivity contribution in [3.05, 3.63) is 29.8 Å². The highest BCUT2D eigenvalue weighted by Crippen LogP contribution is 2.33. The fourth-order valence-electron chi connectivity index (χ4n) is 2.27. The Bertz CT molecular complexity index is 781. The minimum absolute atomic E-state index is 0.201. The molecule has 0 radical (unpaired) electrons. The Morgan fingerprint density at radius 1 is 1.35 bits per heavy atom. The van der Waals surface area contributed by atoms with Crippen molar-refractivity contribution in [1.82, 2.24) is 20.4 Å². The molecule has 1 aliphatic rings. The van der Waals surface area contributed by atoms with Crippen LogP contribution in [0.4, 0.5) is 4.79 Å². The number of nitrogens with zero attached hydrogens (tertiary/aromatic N) is 3. The topological polar surface area (TPSA) is 84.4 Å². The Morgan fingerprint density at radius 3 is 2.73 bits per heavy atom. The maximum atomic E-state index is 12.3. The Labute approximate surface area is 163 Å². The quantitative estimate of drug-likeness (QED) is 0.703. The molecule has 0 spiro atoms. The fraction of sp³-hybridized carbons (Fsp3) is 0.375. The summed E-state index contributed by atoms with van der Waals surface area (Å²) < 4.78 is 6.72. The minimum atomic E-state index is -0.383. The number of hydrogen-bond acceptors (Lipinski definition) is 8. The third-order valence-corrected chi connectivity index (χ3v) is 6.96. The van der Waals surface area contributed by atoms with Crippen LogP contribution in [-0.4, -0.2) is 52.5 Å². The van der Waals surface area contributed by atoms with E-state index in [2.05, 4.69) is 15.5 Å². The molecule has 0 aliphatic carbocycles. The maximum Gasteiger partial charge on any atom is 0.324 e. The molecular formula is C16H18N4O3S3. The lowest BCUT2D eigenvalue weighted by Crippen LogP contribution is -2.38. The van der Waals surface area contributed by atoms with Gasteiger partial charge in [-0.3, -0.25) is 9.69 Å². The molecule has 1 aliphatic heterocycles. The van der Waals surface area contributed by atoms with E-state index in [1.54, 1.807) is 25.8 Å². The summed E-state index contributed by atoms with van der Waals surface area (Å²) in [6, 6.07) is 7.57. The van der Waals surface area contributed by atoms with Crippen molar-refractivity contribution < 1.29 is 14.3 Å². The van der Waals surface area contributed by atoms with Crippen LogP contribution in [0.15, 0.2) is 32.9 Å². The number of urea groups is 1. The number of thioether (sulfide) groups is 2. The summed E-state index contributed by atoms with van der Waals surface area (Å²) in [7, 11) is 1.64. The molecule has 1 saturated heterocycles. The predicted molar refractivity (Wildman–Crippen MR) is 103 cm³/mol. The Kier molecular flexibility index (Phi) is 6.38. The van der Waals surface area contributed by atoms with Gasteiger partial charge in [0.05, 0.1) is 12.4 Å². The average molecular weight is 411 g/mol. The molecule has 0 unspecified atom stereocenters. The minimum Gasteiger partial charge on any atom is -0.497 e. The standard InChI is InChI=1S/C16H18N4O3S3/c1-10(13(21)20-8-7-17-14(20)22)25-16-19-18-15(26-16)24-9-11-3-5-12(23-2)6-4-11/h3-6,10H,7-9H2,1-2H3,(H,17,22)/t10-/m1/s1. The van der Waals surface area contributed by atoms with Crippen LogP contribution >= 0.6 is 34.9 Å². The van der Waals surface area contributed by atoms with Crippen LogP contribution in [0, 0.1) is 0 Å². The number of rotatable bonds is 7. The molecule has 7 nitrogen and oxygen atoms in total. The number of ether oxygens (including phenoxy) is 1. The van der Waals surface area contributed by atoms with Crippen LogP contribution in [0.2, 0.25) is 0 Å². The molecule has 0 saturated carbocycles. The van der Waals surface area contributed by atoms with E-state index >= 15 is 0 Å². The number of carbonyl (C=O) groups excluding carboxylic acids is 2. The molecule has 3 rings (SSSR count). The second-order valence-corrected chi connectivity index (χ2v) is 9.24. The molecule has 3 amide bonds. The van der Waals surface area contributed by atoms with Gasteiger partial charge in [-0.1, -0.05) is 47.0 Å². The molecular weight excluding hydrogens is 392 g/mol. The average Bonchev–Trinajstić information content (AvgIpc) is 3.28. The second-order valence-electron chi connectivity index (χ2n) is 5.45. The SMILES string of the molecule is COc1ccc(CSc2nnc(S[C@H](C)C(=O)N3CCNC3=O)s2)cc1. The smallest absolute Gasteiger partial charge is 0.324 e. The predicted octanol–water partition coefficient (Wildman–Crippen LogP) is 2.87. The van der Waals surface area contributed by atoms with E-state index in [9.17, 15) is 9.59 Å². The van der Waals surface area contributed by atoms with Crippen molar-refractivity contribution in [2.24, 2.45) is 0 Å². The lowest BCUT2D eigenvalue weighted by molar-refractivity contribution is -0.126. The molecule has 2 heterocycles. The highest BCUT2D eigenvalue weighted by Gasteiger charge is 2.30. The fourth-order valence-corrected chi connectivity index (χ4v) is 5.46. The summed E-state index contributed by atoms with van der Waals surface area (Å²) in [6.45, 7) is 2.71. The first kappa shape index (κ1) is 19.0. The summed E-state index contributed by atoms with van der Waals surface area (Å²) in [6.07, 6.45) is 0. The number of aromatic nitrogens is 2. The lowest BCUT2D eigenvalue weighted by Gasteiger charge is -2.16. The molecule has 2 aromatic rings. The molecule has 10 heteroatoms.